The first-order chi connectivity index (χ1) is 18.8. The Balaban J connectivity index is 1.67. The third-order valence-corrected chi connectivity index (χ3v) is 7.26. The van der Waals surface area contributed by atoms with Crippen LogP contribution >= 0.6 is 0 Å². The van der Waals surface area contributed by atoms with Crippen molar-refractivity contribution < 1.29 is 24.5 Å². The highest BCUT2D eigenvalue weighted by molar-refractivity contribution is 5.95. The molecule has 1 unspecified atom stereocenters. The number of fused-ring (bicyclic) bond motifs is 1. The lowest BCUT2D eigenvalue weighted by Crippen LogP contribution is -2.56. The molecule has 1 aromatic carbocycles. The number of para-hydroxylation sites is 2. The maximum Gasteiger partial charge on any atom is 0.407 e. The Labute approximate surface area is 229 Å². The zero-order chi connectivity index (χ0) is 27.9. The second-order valence-corrected chi connectivity index (χ2v) is 10.7. The van der Waals surface area contributed by atoms with Crippen LogP contribution in [0.1, 0.15) is 55.5 Å². The summed E-state index contributed by atoms with van der Waals surface area (Å²) in [6.45, 7) is 6.11. The third kappa shape index (κ3) is 6.75. The molecule has 2 N–H and O–H groups in total. The number of methoxy groups -OCH3 is 1. The van der Waals surface area contributed by atoms with E-state index in [1.54, 1.807) is 36.4 Å². The summed E-state index contributed by atoms with van der Waals surface area (Å²) in [6.07, 6.45) is 1.73. The monoisotopic (exact) mass is 537 g/mol. The van der Waals surface area contributed by atoms with Crippen molar-refractivity contribution in [3.8, 4) is 0 Å². The van der Waals surface area contributed by atoms with E-state index in [0.29, 0.717) is 37.6 Å². The minimum absolute atomic E-state index is 0.146. The van der Waals surface area contributed by atoms with Crippen LogP contribution < -0.4 is 0 Å². The van der Waals surface area contributed by atoms with Crippen LogP contribution in [0.3, 0.4) is 0 Å². The van der Waals surface area contributed by atoms with Gasteiger partial charge in [-0.2, -0.15) is 0 Å². The predicted molar refractivity (Wildman–Crippen MR) is 147 cm³/mol. The van der Waals surface area contributed by atoms with Crippen LogP contribution in [-0.4, -0.2) is 85.9 Å². The number of aliphatic hydroxyl groups excluding tert-OH is 1. The molecule has 210 valence electrons. The van der Waals surface area contributed by atoms with E-state index in [4.69, 9.17) is 9.72 Å². The zero-order valence-corrected chi connectivity index (χ0v) is 22.9. The smallest absolute Gasteiger partial charge is 0.407 e. The number of nitrogens with zero attached hydrogens (tertiary/aromatic N) is 5. The number of carboxylic acid groups (broad SMARTS) is 1. The number of carbonyl (C=O) groups excluding carboxylic acids is 1. The van der Waals surface area contributed by atoms with Gasteiger partial charge in [0.1, 0.15) is 6.10 Å². The quantitative estimate of drug-likeness (QED) is 0.354. The summed E-state index contributed by atoms with van der Waals surface area (Å²) >= 11 is 0. The lowest BCUT2D eigenvalue weighted by atomic mass is 9.87. The van der Waals surface area contributed by atoms with E-state index in [1.807, 2.05) is 42.7 Å². The van der Waals surface area contributed by atoms with Gasteiger partial charge in [0, 0.05) is 52.0 Å². The highest BCUT2D eigenvalue weighted by atomic mass is 16.5. The summed E-state index contributed by atoms with van der Waals surface area (Å²) in [4.78, 5) is 38.5. The zero-order valence-electron chi connectivity index (χ0n) is 22.9. The number of carbonyl (C=O) groups is 2. The fraction of sp³-hybridized carbons (Fsp3) is 0.517. The van der Waals surface area contributed by atoms with Crippen molar-refractivity contribution in [3.63, 3.8) is 0 Å². The number of amides is 2. The number of aromatic nitrogens is 3. The number of hydrogen-bond acceptors (Lipinski definition) is 6. The molecule has 4 rings (SSSR count). The number of ether oxygens (including phenoxy) is 1. The molecule has 1 aliphatic heterocycles. The second kappa shape index (κ2) is 13.0. The number of hydrogen-bond donors (Lipinski definition) is 2. The molecular weight excluding hydrogens is 498 g/mol. The largest absolute Gasteiger partial charge is 0.465 e. The maximum absolute atomic E-state index is 14.3. The molecule has 1 aliphatic rings. The number of aryl methyl sites for hydroxylation is 1. The van der Waals surface area contributed by atoms with Crippen LogP contribution in [-0.2, 0) is 11.3 Å². The van der Waals surface area contributed by atoms with Gasteiger partial charge in [-0.25, -0.2) is 9.78 Å². The van der Waals surface area contributed by atoms with Crippen LogP contribution in [0, 0.1) is 11.8 Å². The van der Waals surface area contributed by atoms with Crippen molar-refractivity contribution in [2.45, 2.75) is 51.8 Å². The van der Waals surface area contributed by atoms with Gasteiger partial charge in [0.05, 0.1) is 22.8 Å². The molecule has 10 heteroatoms. The molecule has 0 spiro atoms. The van der Waals surface area contributed by atoms with Gasteiger partial charge < -0.3 is 29.3 Å². The predicted octanol–water partition coefficient (Wildman–Crippen LogP) is 4.06. The van der Waals surface area contributed by atoms with Crippen molar-refractivity contribution in [2.24, 2.45) is 11.8 Å². The molecule has 0 saturated carbocycles. The first-order valence-corrected chi connectivity index (χ1v) is 13.6. The van der Waals surface area contributed by atoms with E-state index in [-0.39, 0.29) is 24.9 Å². The molecule has 3 aromatic rings. The molecule has 0 bridgehead atoms. The fourth-order valence-electron chi connectivity index (χ4n) is 5.41. The van der Waals surface area contributed by atoms with E-state index in [0.717, 1.165) is 23.9 Å². The minimum Gasteiger partial charge on any atom is -0.465 e. The molecule has 2 aromatic heterocycles. The average Bonchev–Trinajstić information content (AvgIpc) is 3.32. The van der Waals surface area contributed by atoms with Crippen molar-refractivity contribution in [1.29, 1.82) is 0 Å². The molecule has 0 aliphatic carbocycles. The molecule has 3 heterocycles. The lowest BCUT2D eigenvalue weighted by Gasteiger charge is -2.43. The van der Waals surface area contributed by atoms with Crippen LogP contribution in [0.25, 0.3) is 11.0 Å². The van der Waals surface area contributed by atoms with Crippen LogP contribution in [0.2, 0.25) is 0 Å². The summed E-state index contributed by atoms with van der Waals surface area (Å²) in [6, 6.07) is 12.6. The standard InChI is InChI=1S/C29H39N5O5/c1-20(2)17-34(22-16-21(18-32(19-22)29(37)38)26(35)24-11-6-7-13-30-24)28(36)27-31-23-10-4-5-12-25(23)33(27)14-8-9-15-39-3/h4-7,10-13,20-22,26,35H,8-9,14-19H2,1-3H3,(H,37,38)/t21-,22+,26?/m1/s1. The summed E-state index contributed by atoms with van der Waals surface area (Å²) in [5, 5.41) is 21.1. The number of piperidine rings is 1. The number of imidazole rings is 1. The summed E-state index contributed by atoms with van der Waals surface area (Å²) < 4.78 is 7.17. The highest BCUT2D eigenvalue weighted by Gasteiger charge is 2.40. The summed E-state index contributed by atoms with van der Waals surface area (Å²) in [7, 11) is 1.67. The molecule has 1 fully saturated rings. The Hall–Kier alpha value is -3.50. The SMILES string of the molecule is COCCCCn1c(C(=O)N(CC(C)C)[C@H]2C[C@@H](C(O)c3ccccn3)CN(C(=O)O)C2)nc2ccccc21. The Morgan fingerprint density at radius 2 is 1.90 bits per heavy atom. The van der Waals surface area contributed by atoms with Gasteiger partial charge in [-0.05, 0) is 49.4 Å². The average molecular weight is 538 g/mol. The van der Waals surface area contributed by atoms with Gasteiger partial charge in [-0.1, -0.05) is 32.0 Å². The number of likely N-dealkylation sites (tertiary alicyclic amines) is 1. The number of rotatable bonds is 11. The van der Waals surface area contributed by atoms with E-state index in [1.165, 1.54) is 4.90 Å². The van der Waals surface area contributed by atoms with E-state index in [2.05, 4.69) is 4.98 Å². The summed E-state index contributed by atoms with van der Waals surface area (Å²) in [5.74, 6) is -0.142. The minimum atomic E-state index is -1.07. The maximum atomic E-state index is 14.3. The van der Waals surface area contributed by atoms with Gasteiger partial charge >= 0.3 is 6.09 Å². The van der Waals surface area contributed by atoms with Gasteiger partial charge in [0.25, 0.3) is 5.91 Å². The van der Waals surface area contributed by atoms with Crippen molar-refractivity contribution >= 4 is 23.0 Å². The van der Waals surface area contributed by atoms with E-state index in [9.17, 15) is 19.8 Å². The van der Waals surface area contributed by atoms with E-state index >= 15 is 0 Å². The Morgan fingerprint density at radius 3 is 2.59 bits per heavy atom. The fourth-order valence-corrected chi connectivity index (χ4v) is 5.41. The highest BCUT2D eigenvalue weighted by Crippen LogP contribution is 2.32. The van der Waals surface area contributed by atoms with Crippen molar-refractivity contribution in [2.75, 3.05) is 33.4 Å². The Kier molecular flexibility index (Phi) is 9.53. The van der Waals surface area contributed by atoms with E-state index < -0.39 is 24.2 Å². The molecule has 2 amide bonds. The molecule has 10 nitrogen and oxygen atoms in total. The lowest BCUT2D eigenvalue weighted by molar-refractivity contribution is 0.00588. The number of unbranched alkanes of at least 4 members (excludes halogenated alkanes) is 1. The molecular formula is C29H39N5O5. The number of benzene rings is 1. The first kappa shape index (κ1) is 28.5. The molecule has 0 radical (unpaired) electrons. The van der Waals surface area contributed by atoms with Gasteiger partial charge in [0.2, 0.25) is 0 Å². The third-order valence-electron chi connectivity index (χ3n) is 7.26. The van der Waals surface area contributed by atoms with Gasteiger partial charge in [-0.15, -0.1) is 0 Å². The topological polar surface area (TPSA) is 121 Å². The van der Waals surface area contributed by atoms with Crippen molar-refractivity contribution in [1.82, 2.24) is 24.3 Å². The van der Waals surface area contributed by atoms with Gasteiger partial charge in [-0.3, -0.25) is 9.78 Å². The number of aliphatic hydroxyl groups is 1. The Bertz CT molecular complexity index is 1250. The van der Waals surface area contributed by atoms with Crippen LogP contribution in [0.4, 0.5) is 4.79 Å². The van der Waals surface area contributed by atoms with Crippen LogP contribution in [0.5, 0.6) is 0 Å². The summed E-state index contributed by atoms with van der Waals surface area (Å²) in [5.41, 5.74) is 2.13. The van der Waals surface area contributed by atoms with Crippen molar-refractivity contribution in [3.05, 3.63) is 60.2 Å². The second-order valence-electron chi connectivity index (χ2n) is 10.7. The molecule has 1 saturated heterocycles. The van der Waals surface area contributed by atoms with Crippen LogP contribution in [0.15, 0.2) is 48.7 Å². The normalized spacial score (nSPS) is 18.4. The number of pyridine rings is 1. The Morgan fingerprint density at radius 1 is 1.13 bits per heavy atom. The molecule has 3 atom stereocenters. The first-order valence-electron chi connectivity index (χ1n) is 13.6. The molecule has 39 heavy (non-hydrogen) atoms. The van der Waals surface area contributed by atoms with Gasteiger partial charge in [0.15, 0.2) is 5.82 Å².